The molecule has 3 aliphatic heterocycles. The van der Waals surface area contributed by atoms with Gasteiger partial charge in [-0.3, -0.25) is 4.79 Å². The Kier molecular flexibility index (Phi) is 14.1. The summed E-state index contributed by atoms with van der Waals surface area (Å²) in [5, 5.41) is 125. The molecule has 0 unspecified atom stereocenters. The van der Waals surface area contributed by atoms with Crippen molar-refractivity contribution in [1.82, 2.24) is 0 Å². The molecule has 12 N–H and O–H groups in total. The minimum absolute atomic E-state index is 0.0213. The first-order valence-corrected chi connectivity index (χ1v) is 19.7. The van der Waals surface area contributed by atoms with Crippen LogP contribution in [-0.2, 0) is 28.5 Å². The van der Waals surface area contributed by atoms with Crippen molar-refractivity contribution in [3.63, 3.8) is 0 Å². The molecule has 1 aromatic heterocycles. The molecule has 64 heavy (non-hydrogen) atoms. The van der Waals surface area contributed by atoms with Crippen LogP contribution in [0.2, 0.25) is 0 Å². The molecule has 4 heterocycles. The summed E-state index contributed by atoms with van der Waals surface area (Å²) in [5.41, 5.74) is -0.779. The van der Waals surface area contributed by atoms with Gasteiger partial charge in [0, 0.05) is 23.8 Å². The Hall–Kier alpha value is -5.44. The molecule has 4 aromatic rings. The summed E-state index contributed by atoms with van der Waals surface area (Å²) in [6.45, 7) is -0.0856. The molecule has 22 nitrogen and oxygen atoms in total. The van der Waals surface area contributed by atoms with Gasteiger partial charge in [0.05, 0.1) is 12.7 Å². The largest absolute Gasteiger partial charge is 0.508 e. The van der Waals surface area contributed by atoms with Crippen molar-refractivity contribution in [2.75, 3.05) is 13.2 Å². The van der Waals surface area contributed by atoms with Crippen molar-refractivity contribution < 1.29 is 104 Å². The zero-order valence-electron chi connectivity index (χ0n) is 33.5. The number of aliphatic hydroxyl groups is 9. The van der Waals surface area contributed by atoms with Crippen LogP contribution >= 0.6 is 0 Å². The number of ether oxygens (including phenoxy) is 7. The van der Waals surface area contributed by atoms with E-state index in [9.17, 15) is 70.9 Å². The SMILES string of the molecule is C[C@@H]1O[C@@H](Oc2c(-c3ccc(O)cc3)oc3cc(O[C@@H]4O[C@H](COC(=O)/C=C/c5ccc(O)cc5)[C@@H](O)[C@H](O)[C@H]4O)cc(O)c3c2=O)[C@H](O[C@@H]2O[C@H](CO)[C@@H](O)[C@H](O)[C@H]2O)[C@H](O)[C@H]1O. The van der Waals surface area contributed by atoms with Gasteiger partial charge in [0.1, 0.15) is 102 Å². The van der Waals surface area contributed by atoms with Crippen LogP contribution in [0.15, 0.2) is 76.0 Å². The number of aliphatic hydroxyl groups excluding tert-OH is 9. The molecule has 0 bridgehead atoms. The number of rotatable bonds is 12. The molecule has 7 rings (SSSR count). The number of carbonyl (C=O) groups is 1. The quantitative estimate of drug-likeness (QED) is 0.0543. The lowest BCUT2D eigenvalue weighted by atomic mass is 9.97. The summed E-state index contributed by atoms with van der Waals surface area (Å²) in [5.74, 6) is -3.17. The molecule has 3 fully saturated rings. The number of carbonyl (C=O) groups excluding carboxylic acids is 1. The topological polar surface area (TPSA) is 355 Å². The lowest BCUT2D eigenvalue weighted by molar-refractivity contribution is -0.355. The van der Waals surface area contributed by atoms with Crippen molar-refractivity contribution in [2.24, 2.45) is 0 Å². The first-order valence-electron chi connectivity index (χ1n) is 19.7. The predicted molar refractivity (Wildman–Crippen MR) is 212 cm³/mol. The first kappa shape index (κ1) is 46.5. The highest BCUT2D eigenvalue weighted by Gasteiger charge is 2.51. The number of aromatic hydroxyl groups is 3. The second-order valence-corrected chi connectivity index (χ2v) is 15.2. The van der Waals surface area contributed by atoms with E-state index >= 15 is 0 Å². The standard InChI is InChI=1S/C42H46O22/c1-16-28(48)34(54)39(64-41-36(56)32(52)29(49)24(14-43)61-41)42(58-16)63-38-31(51)27-22(46)12-21(13-23(27)60-37(38)18-5-9-20(45)10-6-18)59-40-35(55)33(53)30(50)25(62-40)15-57-26(47)11-4-17-2-7-19(44)8-3-17/h2-13,16,24-25,28-30,32-36,39-46,48-50,52-56H,14-15H2,1H3/b11-4+/t16-,24+,25+,28-,29+,30+,32-,33-,34+,35+,36+,39+,40+,41-,42-/m0/s1. The number of hydrogen-bond acceptors (Lipinski definition) is 22. The van der Waals surface area contributed by atoms with Crippen LogP contribution in [0.5, 0.6) is 28.7 Å². The van der Waals surface area contributed by atoms with Gasteiger partial charge in [0.15, 0.2) is 18.2 Å². The number of phenols is 3. The van der Waals surface area contributed by atoms with Crippen LogP contribution < -0.4 is 14.9 Å². The fourth-order valence-corrected chi connectivity index (χ4v) is 7.18. The summed E-state index contributed by atoms with van der Waals surface area (Å²) >= 11 is 0. The van der Waals surface area contributed by atoms with Gasteiger partial charge in [0.25, 0.3) is 0 Å². The Balaban J connectivity index is 1.17. The van der Waals surface area contributed by atoms with Crippen molar-refractivity contribution in [3.05, 3.63) is 82.5 Å². The van der Waals surface area contributed by atoms with Crippen molar-refractivity contribution in [3.8, 4) is 40.1 Å². The highest BCUT2D eigenvalue weighted by Crippen LogP contribution is 2.39. The minimum Gasteiger partial charge on any atom is -0.508 e. The van der Waals surface area contributed by atoms with Crippen LogP contribution in [-0.4, -0.2) is 173 Å². The van der Waals surface area contributed by atoms with E-state index in [1.54, 1.807) is 12.1 Å². The number of esters is 1. The van der Waals surface area contributed by atoms with Crippen molar-refractivity contribution >= 4 is 23.0 Å². The molecule has 3 saturated heterocycles. The maximum absolute atomic E-state index is 14.4. The van der Waals surface area contributed by atoms with Crippen LogP contribution in [0.4, 0.5) is 0 Å². The van der Waals surface area contributed by atoms with Crippen LogP contribution in [0.3, 0.4) is 0 Å². The van der Waals surface area contributed by atoms with E-state index in [4.69, 9.17) is 37.6 Å². The molecule has 3 aromatic carbocycles. The van der Waals surface area contributed by atoms with Crippen LogP contribution in [0, 0.1) is 0 Å². The van der Waals surface area contributed by atoms with E-state index in [-0.39, 0.29) is 34.2 Å². The number of phenolic OH excluding ortho intramolecular Hbond substituents is 3. The number of fused-ring (bicyclic) bond motifs is 1. The van der Waals surface area contributed by atoms with E-state index in [1.807, 2.05) is 0 Å². The molecule has 15 atom stereocenters. The molecular formula is C42H46O22. The van der Waals surface area contributed by atoms with E-state index in [0.717, 1.165) is 18.2 Å². The van der Waals surface area contributed by atoms with Gasteiger partial charge >= 0.3 is 5.97 Å². The maximum atomic E-state index is 14.4. The minimum atomic E-state index is -1.96. The lowest BCUT2D eigenvalue weighted by Crippen LogP contribution is -2.64. The molecule has 346 valence electrons. The zero-order valence-corrected chi connectivity index (χ0v) is 33.5. The summed E-state index contributed by atoms with van der Waals surface area (Å²) < 4.78 is 45.7. The summed E-state index contributed by atoms with van der Waals surface area (Å²) in [7, 11) is 0. The van der Waals surface area contributed by atoms with Gasteiger partial charge in [0.2, 0.25) is 23.8 Å². The Morgan fingerprint density at radius 3 is 1.95 bits per heavy atom. The van der Waals surface area contributed by atoms with E-state index in [0.29, 0.717) is 5.56 Å². The molecular weight excluding hydrogens is 856 g/mol. The van der Waals surface area contributed by atoms with Gasteiger partial charge < -0.3 is 98.9 Å². The molecule has 0 spiro atoms. The third kappa shape index (κ3) is 9.64. The van der Waals surface area contributed by atoms with Crippen LogP contribution in [0.25, 0.3) is 28.4 Å². The van der Waals surface area contributed by atoms with Crippen molar-refractivity contribution in [2.45, 2.75) is 99.0 Å². The normalized spacial score (nSPS) is 33.2. The van der Waals surface area contributed by atoms with E-state index < -0.39 is 134 Å². The summed E-state index contributed by atoms with van der Waals surface area (Å²) in [6.07, 6.45) is -23.6. The van der Waals surface area contributed by atoms with E-state index in [2.05, 4.69) is 0 Å². The lowest BCUT2D eigenvalue weighted by Gasteiger charge is -2.45. The fraction of sp³-hybridized carbons (Fsp3) is 0.429. The third-order valence-electron chi connectivity index (χ3n) is 10.8. The van der Waals surface area contributed by atoms with Gasteiger partial charge in [-0.2, -0.15) is 0 Å². The highest BCUT2D eigenvalue weighted by molar-refractivity contribution is 5.88. The second kappa shape index (κ2) is 19.3. The average molecular weight is 903 g/mol. The second-order valence-electron chi connectivity index (χ2n) is 15.2. The number of hydrogen-bond donors (Lipinski definition) is 12. The number of benzene rings is 3. The predicted octanol–water partition coefficient (Wildman–Crippen LogP) is -1.95. The van der Waals surface area contributed by atoms with Gasteiger partial charge in [-0.05, 0) is 55.0 Å². The van der Waals surface area contributed by atoms with Crippen LogP contribution in [0.1, 0.15) is 12.5 Å². The average Bonchev–Trinajstić information content (AvgIpc) is 3.27. The molecule has 22 heteroatoms. The Morgan fingerprint density at radius 1 is 0.688 bits per heavy atom. The van der Waals surface area contributed by atoms with Crippen molar-refractivity contribution in [1.29, 1.82) is 0 Å². The Bertz CT molecular complexity index is 2330. The Morgan fingerprint density at radius 2 is 1.30 bits per heavy atom. The van der Waals surface area contributed by atoms with Gasteiger partial charge in [-0.25, -0.2) is 4.79 Å². The smallest absolute Gasteiger partial charge is 0.330 e. The molecule has 3 aliphatic rings. The first-order chi connectivity index (χ1) is 30.4. The third-order valence-corrected chi connectivity index (χ3v) is 10.8. The van der Waals surface area contributed by atoms with E-state index in [1.165, 1.54) is 49.4 Å². The Labute approximate surface area is 361 Å². The fourth-order valence-electron chi connectivity index (χ4n) is 7.18. The van der Waals surface area contributed by atoms with Gasteiger partial charge in [-0.1, -0.05) is 12.1 Å². The molecule has 0 aliphatic carbocycles. The maximum Gasteiger partial charge on any atom is 0.330 e. The summed E-state index contributed by atoms with van der Waals surface area (Å²) in [4.78, 5) is 26.8. The summed E-state index contributed by atoms with van der Waals surface area (Å²) in [6, 6.07) is 13.1. The van der Waals surface area contributed by atoms with Gasteiger partial charge in [-0.15, -0.1) is 0 Å². The zero-order chi connectivity index (χ0) is 46.1. The molecule has 0 saturated carbocycles. The monoisotopic (exact) mass is 902 g/mol. The molecule has 0 radical (unpaired) electrons. The highest BCUT2D eigenvalue weighted by atomic mass is 16.8. The molecule has 0 amide bonds.